The Morgan fingerprint density at radius 2 is 1.92 bits per heavy atom. The third kappa shape index (κ3) is 1.70. The van der Waals surface area contributed by atoms with Crippen molar-refractivity contribution in [1.29, 1.82) is 0 Å². The molecule has 2 nitrogen and oxygen atoms in total. The molecule has 0 aliphatic heterocycles. The van der Waals surface area contributed by atoms with Crippen LogP contribution in [0.2, 0.25) is 0 Å². The lowest BCUT2D eigenvalue weighted by Gasteiger charge is -1.95. The number of phenolic OH excluding ortho intramolecular Hbond substituents is 1. The first-order valence-electron chi connectivity index (χ1n) is 3.82. The molecule has 0 aliphatic rings. The molecule has 1 heterocycles. The fourth-order valence-electron chi connectivity index (χ4n) is 1.08. The summed E-state index contributed by atoms with van der Waals surface area (Å²) >= 11 is 1.52. The fourth-order valence-corrected chi connectivity index (χ4v) is 1.66. The topological polar surface area (TPSA) is 33.1 Å². The first-order chi connectivity index (χ1) is 6.25. The minimum Gasteiger partial charge on any atom is -0.508 e. The number of hydrogen-bond donors (Lipinski definition) is 1. The van der Waals surface area contributed by atoms with Gasteiger partial charge in [-0.25, -0.2) is 4.98 Å². The van der Waals surface area contributed by atoms with Crippen LogP contribution in [0.15, 0.2) is 29.6 Å². The van der Waals surface area contributed by atoms with E-state index in [2.05, 4.69) is 11.9 Å². The summed E-state index contributed by atoms with van der Waals surface area (Å²) in [5, 5.41) is 11.8. The van der Waals surface area contributed by atoms with Gasteiger partial charge in [-0.3, -0.25) is 0 Å². The van der Waals surface area contributed by atoms with Crippen molar-refractivity contribution in [2.45, 2.75) is 0 Å². The van der Waals surface area contributed by atoms with Crippen molar-refractivity contribution in [2.24, 2.45) is 0 Å². The molecule has 0 aliphatic carbocycles. The van der Waals surface area contributed by atoms with Gasteiger partial charge in [0.2, 0.25) is 0 Å². The molecule has 0 saturated carbocycles. The van der Waals surface area contributed by atoms with Gasteiger partial charge in [0.25, 0.3) is 0 Å². The number of benzene rings is 1. The van der Waals surface area contributed by atoms with Crippen LogP contribution >= 0.6 is 11.3 Å². The van der Waals surface area contributed by atoms with Crippen LogP contribution in [0.5, 0.6) is 5.75 Å². The molecule has 13 heavy (non-hydrogen) atoms. The third-order valence-corrected chi connectivity index (χ3v) is 2.42. The van der Waals surface area contributed by atoms with Crippen molar-refractivity contribution in [3.05, 3.63) is 41.6 Å². The van der Waals surface area contributed by atoms with E-state index >= 15 is 0 Å². The molecule has 0 saturated heterocycles. The molecule has 65 valence electrons. The lowest BCUT2D eigenvalue weighted by Crippen LogP contribution is -1.76. The van der Waals surface area contributed by atoms with Gasteiger partial charge < -0.3 is 5.11 Å². The first kappa shape index (κ1) is 8.26. The summed E-state index contributed by atoms with van der Waals surface area (Å²) in [7, 11) is 0. The minimum absolute atomic E-state index is 0.272. The maximum atomic E-state index is 9.08. The van der Waals surface area contributed by atoms with Gasteiger partial charge >= 0.3 is 0 Å². The van der Waals surface area contributed by atoms with Crippen LogP contribution in [-0.4, -0.2) is 10.1 Å². The minimum atomic E-state index is 0.272. The van der Waals surface area contributed by atoms with Gasteiger partial charge in [0.15, 0.2) is 0 Å². The van der Waals surface area contributed by atoms with E-state index in [0.717, 1.165) is 16.3 Å². The molecule has 2 aromatic rings. The standard InChI is InChI=1S/C10H8NOS/c1-7-11-10(6-13-7)8-2-4-9(12)5-3-8/h2-6,12H,1H2. The van der Waals surface area contributed by atoms with Crippen LogP contribution in [0.4, 0.5) is 0 Å². The predicted molar refractivity (Wildman–Crippen MR) is 53.7 cm³/mol. The summed E-state index contributed by atoms with van der Waals surface area (Å²) < 4.78 is 0. The zero-order valence-corrected chi connectivity index (χ0v) is 7.71. The van der Waals surface area contributed by atoms with Gasteiger partial charge in [-0.05, 0) is 24.3 Å². The lowest BCUT2D eigenvalue weighted by molar-refractivity contribution is 0.475. The number of nitrogens with zero attached hydrogens (tertiary/aromatic N) is 1. The van der Waals surface area contributed by atoms with E-state index in [-0.39, 0.29) is 5.75 Å². The SMILES string of the molecule is [CH2]c1nc(-c2ccc(O)cc2)cs1. The van der Waals surface area contributed by atoms with E-state index in [1.54, 1.807) is 12.1 Å². The number of phenols is 1. The molecule has 1 aromatic carbocycles. The number of thiazole rings is 1. The van der Waals surface area contributed by atoms with Crippen LogP contribution in [0.1, 0.15) is 5.01 Å². The smallest absolute Gasteiger partial charge is 0.115 e. The molecule has 0 fully saturated rings. The summed E-state index contributed by atoms with van der Waals surface area (Å²) in [5.41, 5.74) is 1.92. The fraction of sp³-hybridized carbons (Fsp3) is 0. The van der Waals surface area contributed by atoms with E-state index in [1.807, 2.05) is 17.5 Å². The zero-order valence-electron chi connectivity index (χ0n) is 6.90. The van der Waals surface area contributed by atoms with E-state index < -0.39 is 0 Å². The molecule has 1 N–H and O–H groups in total. The number of hydrogen-bond acceptors (Lipinski definition) is 3. The summed E-state index contributed by atoms with van der Waals surface area (Å²) in [6.07, 6.45) is 0. The van der Waals surface area contributed by atoms with Crippen LogP contribution in [-0.2, 0) is 0 Å². The Hall–Kier alpha value is -1.35. The predicted octanol–water partition coefficient (Wildman–Crippen LogP) is 2.70. The molecule has 0 atom stereocenters. The second-order valence-corrected chi connectivity index (χ2v) is 3.62. The number of aromatic nitrogens is 1. The quantitative estimate of drug-likeness (QED) is 0.750. The highest BCUT2D eigenvalue weighted by Crippen LogP contribution is 2.22. The molecule has 0 spiro atoms. The Labute approximate surface area is 80.5 Å². The van der Waals surface area contributed by atoms with Crippen LogP contribution in [0, 0.1) is 6.92 Å². The third-order valence-electron chi connectivity index (χ3n) is 1.71. The Balaban J connectivity index is 2.41. The Bertz CT molecular complexity index is 405. The van der Waals surface area contributed by atoms with Crippen molar-refractivity contribution in [2.75, 3.05) is 0 Å². The highest BCUT2D eigenvalue weighted by molar-refractivity contribution is 7.10. The Morgan fingerprint density at radius 3 is 2.46 bits per heavy atom. The monoisotopic (exact) mass is 190 g/mol. The summed E-state index contributed by atoms with van der Waals surface area (Å²) in [5.74, 6) is 0.272. The van der Waals surface area contributed by atoms with Gasteiger partial charge in [0, 0.05) is 17.9 Å². The molecule has 0 amide bonds. The maximum absolute atomic E-state index is 9.08. The molecule has 1 radical (unpaired) electrons. The molecule has 0 unspecified atom stereocenters. The highest BCUT2D eigenvalue weighted by atomic mass is 32.1. The highest BCUT2D eigenvalue weighted by Gasteiger charge is 2.00. The first-order valence-corrected chi connectivity index (χ1v) is 4.70. The second-order valence-electron chi connectivity index (χ2n) is 2.67. The van der Waals surface area contributed by atoms with E-state index in [1.165, 1.54) is 11.3 Å². The van der Waals surface area contributed by atoms with E-state index in [0.29, 0.717) is 0 Å². The van der Waals surface area contributed by atoms with Crippen LogP contribution in [0.25, 0.3) is 11.3 Å². The molecular formula is C10H8NOS. The molecular weight excluding hydrogens is 182 g/mol. The average molecular weight is 190 g/mol. The Kier molecular flexibility index (Phi) is 2.02. The summed E-state index contributed by atoms with van der Waals surface area (Å²) in [6, 6.07) is 6.97. The summed E-state index contributed by atoms with van der Waals surface area (Å²) in [4.78, 5) is 4.24. The number of aromatic hydroxyl groups is 1. The molecule has 2 rings (SSSR count). The largest absolute Gasteiger partial charge is 0.508 e. The molecule has 3 heteroatoms. The normalized spacial score (nSPS) is 10.2. The van der Waals surface area contributed by atoms with Crippen LogP contribution in [0.3, 0.4) is 0 Å². The van der Waals surface area contributed by atoms with Crippen molar-refractivity contribution in [1.82, 2.24) is 4.98 Å². The second kappa shape index (κ2) is 3.18. The lowest BCUT2D eigenvalue weighted by atomic mass is 10.2. The Morgan fingerprint density at radius 1 is 1.23 bits per heavy atom. The van der Waals surface area contributed by atoms with Crippen molar-refractivity contribution < 1.29 is 5.11 Å². The maximum Gasteiger partial charge on any atom is 0.115 e. The van der Waals surface area contributed by atoms with Gasteiger partial charge in [0.1, 0.15) is 5.75 Å². The van der Waals surface area contributed by atoms with Crippen molar-refractivity contribution in [3.8, 4) is 17.0 Å². The van der Waals surface area contributed by atoms with Crippen molar-refractivity contribution in [3.63, 3.8) is 0 Å². The summed E-state index contributed by atoms with van der Waals surface area (Å²) in [6.45, 7) is 3.74. The zero-order chi connectivity index (χ0) is 9.26. The average Bonchev–Trinajstić information content (AvgIpc) is 2.53. The van der Waals surface area contributed by atoms with Gasteiger partial charge in [-0.15, -0.1) is 11.3 Å². The van der Waals surface area contributed by atoms with E-state index in [9.17, 15) is 0 Å². The van der Waals surface area contributed by atoms with Gasteiger partial charge in [0.05, 0.1) is 10.7 Å². The van der Waals surface area contributed by atoms with Gasteiger partial charge in [-0.1, -0.05) is 0 Å². The molecule has 1 aromatic heterocycles. The number of rotatable bonds is 1. The molecule has 0 bridgehead atoms. The van der Waals surface area contributed by atoms with E-state index in [4.69, 9.17) is 5.11 Å². The van der Waals surface area contributed by atoms with Gasteiger partial charge in [-0.2, -0.15) is 0 Å². The van der Waals surface area contributed by atoms with Crippen LogP contribution < -0.4 is 0 Å². The van der Waals surface area contributed by atoms with Crippen molar-refractivity contribution >= 4 is 11.3 Å².